The third-order valence-corrected chi connectivity index (χ3v) is 2.60. The Morgan fingerprint density at radius 3 is 2.68 bits per heavy atom. The molecule has 5 N–H and O–H groups in total. The molecule has 0 spiro atoms. The van der Waals surface area contributed by atoms with E-state index < -0.39 is 30.4 Å². The monoisotopic (exact) mass is 272 g/mol. The number of hydrogen-bond acceptors (Lipinski definition) is 4. The minimum atomic E-state index is -1.36. The van der Waals surface area contributed by atoms with E-state index in [1.807, 2.05) is 0 Å². The van der Waals surface area contributed by atoms with Crippen molar-refractivity contribution in [2.45, 2.75) is 18.9 Å². The lowest BCUT2D eigenvalue weighted by atomic mass is 10.2. The number of amides is 4. The van der Waals surface area contributed by atoms with E-state index in [-0.39, 0.29) is 25.4 Å². The van der Waals surface area contributed by atoms with E-state index in [4.69, 9.17) is 10.8 Å². The first-order valence-corrected chi connectivity index (χ1v) is 5.73. The maximum atomic E-state index is 11.8. The van der Waals surface area contributed by atoms with E-state index in [1.165, 1.54) is 4.90 Å². The summed E-state index contributed by atoms with van der Waals surface area (Å²) in [7, 11) is 0. The number of primary amides is 1. The Morgan fingerprint density at radius 1 is 1.42 bits per heavy atom. The van der Waals surface area contributed by atoms with E-state index in [0.717, 1.165) is 0 Å². The average molecular weight is 272 g/mol. The summed E-state index contributed by atoms with van der Waals surface area (Å²) in [6.45, 7) is 0.779. The van der Waals surface area contributed by atoms with Crippen LogP contribution in [0.3, 0.4) is 0 Å². The van der Waals surface area contributed by atoms with Gasteiger partial charge in [0.15, 0.2) is 0 Å². The Hall–Kier alpha value is -2.32. The second-order valence-corrected chi connectivity index (χ2v) is 4.10. The molecule has 9 heteroatoms. The van der Waals surface area contributed by atoms with Crippen molar-refractivity contribution in [3.05, 3.63) is 0 Å². The number of urea groups is 1. The van der Waals surface area contributed by atoms with Crippen LogP contribution in [0.5, 0.6) is 0 Å². The van der Waals surface area contributed by atoms with Gasteiger partial charge in [-0.2, -0.15) is 0 Å². The van der Waals surface area contributed by atoms with Gasteiger partial charge in [0, 0.05) is 26.1 Å². The predicted molar refractivity (Wildman–Crippen MR) is 63.0 cm³/mol. The number of carbonyl (C=O) groups is 4. The van der Waals surface area contributed by atoms with Crippen LogP contribution in [0.15, 0.2) is 0 Å². The van der Waals surface area contributed by atoms with Gasteiger partial charge in [-0.25, -0.2) is 9.59 Å². The number of carbonyl (C=O) groups excluding carboxylic acids is 3. The number of nitrogens with two attached hydrogens (primary N) is 1. The normalized spacial score (nSPS) is 17.1. The molecule has 19 heavy (non-hydrogen) atoms. The number of nitrogens with zero attached hydrogens (tertiary/aromatic N) is 1. The van der Waals surface area contributed by atoms with Gasteiger partial charge in [0.1, 0.15) is 6.04 Å². The van der Waals surface area contributed by atoms with E-state index in [1.54, 1.807) is 0 Å². The summed E-state index contributed by atoms with van der Waals surface area (Å²) in [5, 5.41) is 13.7. The highest BCUT2D eigenvalue weighted by Crippen LogP contribution is 2.00. The Balaban J connectivity index is 2.58. The zero-order valence-corrected chi connectivity index (χ0v) is 10.2. The van der Waals surface area contributed by atoms with Crippen molar-refractivity contribution >= 4 is 23.8 Å². The Labute approximate surface area is 109 Å². The molecule has 1 saturated heterocycles. The molecule has 106 valence electrons. The summed E-state index contributed by atoms with van der Waals surface area (Å²) in [5.41, 5.74) is 4.91. The number of rotatable bonds is 4. The maximum absolute atomic E-state index is 11.8. The molecule has 1 atom stereocenters. The predicted octanol–water partition coefficient (Wildman–Crippen LogP) is -2.15. The first kappa shape index (κ1) is 14.7. The van der Waals surface area contributed by atoms with Crippen LogP contribution in [-0.4, -0.2) is 59.5 Å². The highest BCUT2D eigenvalue weighted by molar-refractivity contribution is 5.88. The number of carboxylic acids is 1. The molecule has 4 amide bonds. The lowest BCUT2D eigenvalue weighted by Crippen LogP contribution is -2.50. The maximum Gasteiger partial charge on any atom is 0.326 e. The van der Waals surface area contributed by atoms with Gasteiger partial charge in [-0.3, -0.25) is 9.59 Å². The van der Waals surface area contributed by atoms with Crippen molar-refractivity contribution in [3.8, 4) is 0 Å². The van der Waals surface area contributed by atoms with E-state index in [2.05, 4.69) is 10.6 Å². The zero-order chi connectivity index (χ0) is 14.4. The molecule has 1 fully saturated rings. The fraction of sp³-hybridized carbons (Fsp3) is 0.600. The fourth-order valence-electron chi connectivity index (χ4n) is 1.61. The zero-order valence-electron chi connectivity index (χ0n) is 10.2. The van der Waals surface area contributed by atoms with Gasteiger partial charge in [-0.05, 0) is 0 Å². The Morgan fingerprint density at radius 2 is 2.11 bits per heavy atom. The van der Waals surface area contributed by atoms with Crippen LogP contribution in [0, 0.1) is 0 Å². The summed E-state index contributed by atoms with van der Waals surface area (Å²) in [5.74, 6) is -2.32. The van der Waals surface area contributed by atoms with Crippen molar-refractivity contribution in [2.75, 3.05) is 19.6 Å². The summed E-state index contributed by atoms with van der Waals surface area (Å²) in [6, 6.07) is -2.00. The summed E-state index contributed by atoms with van der Waals surface area (Å²) in [6.07, 6.45) is -0.326. The van der Waals surface area contributed by atoms with Crippen molar-refractivity contribution < 1.29 is 24.3 Å². The van der Waals surface area contributed by atoms with E-state index in [0.29, 0.717) is 6.54 Å². The molecule has 1 aliphatic rings. The second kappa shape index (κ2) is 6.57. The van der Waals surface area contributed by atoms with Crippen LogP contribution in [0.2, 0.25) is 0 Å². The van der Waals surface area contributed by atoms with Crippen LogP contribution in [0.1, 0.15) is 12.8 Å². The standard InChI is InChI=1S/C10H16N4O5/c11-7(15)5-6(9(17)18)13-10(19)14-3-1-8(16)12-2-4-14/h6H,1-5H2,(H2,11,15)(H,12,16)(H,13,19)(H,17,18). The molecular weight excluding hydrogens is 256 g/mol. The lowest BCUT2D eigenvalue weighted by molar-refractivity contribution is -0.141. The first-order chi connectivity index (χ1) is 8.90. The largest absolute Gasteiger partial charge is 0.480 e. The third-order valence-electron chi connectivity index (χ3n) is 2.60. The number of carboxylic acid groups (broad SMARTS) is 1. The summed E-state index contributed by atoms with van der Waals surface area (Å²) in [4.78, 5) is 45.8. The first-order valence-electron chi connectivity index (χ1n) is 5.73. The molecule has 0 aromatic rings. The minimum absolute atomic E-state index is 0.154. The third kappa shape index (κ3) is 4.82. The Bertz CT molecular complexity index is 397. The smallest absolute Gasteiger partial charge is 0.326 e. The van der Waals surface area contributed by atoms with Crippen molar-refractivity contribution in [2.24, 2.45) is 5.73 Å². The van der Waals surface area contributed by atoms with Crippen molar-refractivity contribution in [3.63, 3.8) is 0 Å². The minimum Gasteiger partial charge on any atom is -0.480 e. The molecule has 1 aliphatic heterocycles. The van der Waals surface area contributed by atoms with Gasteiger partial charge in [0.25, 0.3) is 0 Å². The molecule has 1 heterocycles. The molecule has 1 unspecified atom stereocenters. The second-order valence-electron chi connectivity index (χ2n) is 4.10. The SMILES string of the molecule is NC(=O)CC(NC(=O)N1CCNC(=O)CC1)C(=O)O. The van der Waals surface area contributed by atoms with Crippen LogP contribution < -0.4 is 16.4 Å². The van der Waals surface area contributed by atoms with Crippen LogP contribution in [0.25, 0.3) is 0 Å². The quantitative estimate of drug-likeness (QED) is 0.461. The number of hydrogen-bond donors (Lipinski definition) is 4. The van der Waals surface area contributed by atoms with Gasteiger partial charge in [0.2, 0.25) is 11.8 Å². The van der Waals surface area contributed by atoms with E-state index >= 15 is 0 Å². The van der Waals surface area contributed by atoms with Gasteiger partial charge in [0.05, 0.1) is 6.42 Å². The summed E-state index contributed by atoms with van der Waals surface area (Å²) >= 11 is 0. The topological polar surface area (TPSA) is 142 Å². The van der Waals surface area contributed by atoms with Crippen LogP contribution >= 0.6 is 0 Å². The van der Waals surface area contributed by atoms with Gasteiger partial charge >= 0.3 is 12.0 Å². The molecule has 0 aromatic carbocycles. The number of aliphatic carboxylic acids is 1. The summed E-state index contributed by atoms with van der Waals surface area (Å²) < 4.78 is 0. The molecular formula is C10H16N4O5. The molecule has 9 nitrogen and oxygen atoms in total. The van der Waals surface area contributed by atoms with Crippen LogP contribution in [0.4, 0.5) is 4.79 Å². The highest BCUT2D eigenvalue weighted by Gasteiger charge is 2.25. The van der Waals surface area contributed by atoms with Gasteiger partial charge in [-0.1, -0.05) is 0 Å². The molecule has 0 aliphatic carbocycles. The van der Waals surface area contributed by atoms with Crippen LogP contribution in [-0.2, 0) is 14.4 Å². The van der Waals surface area contributed by atoms with E-state index in [9.17, 15) is 19.2 Å². The molecule has 1 rings (SSSR count). The van der Waals surface area contributed by atoms with Gasteiger partial charge < -0.3 is 26.4 Å². The highest BCUT2D eigenvalue weighted by atomic mass is 16.4. The fourth-order valence-corrected chi connectivity index (χ4v) is 1.61. The molecule has 0 saturated carbocycles. The lowest BCUT2D eigenvalue weighted by Gasteiger charge is -2.22. The molecule has 0 radical (unpaired) electrons. The molecule has 0 aromatic heterocycles. The van der Waals surface area contributed by atoms with Crippen molar-refractivity contribution in [1.82, 2.24) is 15.5 Å². The van der Waals surface area contributed by atoms with Crippen molar-refractivity contribution in [1.29, 1.82) is 0 Å². The molecule has 0 bridgehead atoms. The number of nitrogens with one attached hydrogen (secondary N) is 2. The van der Waals surface area contributed by atoms with Gasteiger partial charge in [-0.15, -0.1) is 0 Å². The Kier molecular flexibility index (Phi) is 5.10. The average Bonchev–Trinajstić information content (AvgIpc) is 2.52.